The zero-order valence-corrected chi connectivity index (χ0v) is 12.3. The van der Waals surface area contributed by atoms with Crippen molar-refractivity contribution in [3.63, 3.8) is 0 Å². The average Bonchev–Trinajstić information content (AvgIpc) is 2.27. The number of H-pyrrole nitrogens is 1. The molecule has 0 fully saturated rings. The van der Waals surface area contributed by atoms with Crippen molar-refractivity contribution in [1.82, 2.24) is 9.97 Å². The molecule has 9 heteroatoms. The van der Waals surface area contributed by atoms with E-state index in [1.165, 1.54) is 0 Å². The van der Waals surface area contributed by atoms with Crippen LogP contribution < -0.4 is 21.9 Å². The minimum absolute atomic E-state index is 0. The van der Waals surface area contributed by atoms with Gasteiger partial charge in [0.05, 0.1) is 12.1 Å². The number of aromatic amines is 1. The molecule has 110 valence electrons. The first-order valence-electron chi connectivity index (χ1n) is 5.57. The zero-order valence-electron chi connectivity index (χ0n) is 10.6. The van der Waals surface area contributed by atoms with Gasteiger partial charge in [0.25, 0.3) is 5.56 Å². The molecule has 2 heterocycles. The SMILES string of the molecule is CC(C)C(O)C1CNc2nc(N)[nH]c(=O)c2N1.Cl.Cl. The fourth-order valence-corrected chi connectivity index (χ4v) is 1.87. The quantitative estimate of drug-likeness (QED) is 0.540. The standard InChI is InChI=1S/C10H17N5O2.2ClH/c1-4(2)7(16)5-3-12-8-6(13-5)9(17)15-10(11)14-8;;/h4-5,7,13,16H,3H2,1-2H3,(H4,11,12,14,15,17);2*1H. The van der Waals surface area contributed by atoms with Gasteiger partial charge in [0, 0.05) is 6.54 Å². The molecular weight excluding hydrogens is 293 g/mol. The van der Waals surface area contributed by atoms with Crippen LogP contribution in [0.3, 0.4) is 0 Å². The van der Waals surface area contributed by atoms with E-state index in [0.717, 1.165) is 0 Å². The molecule has 0 saturated carbocycles. The number of hydrogen-bond donors (Lipinski definition) is 5. The van der Waals surface area contributed by atoms with Crippen LogP contribution in [-0.2, 0) is 0 Å². The van der Waals surface area contributed by atoms with Gasteiger partial charge in [0.15, 0.2) is 5.82 Å². The van der Waals surface area contributed by atoms with Gasteiger partial charge < -0.3 is 21.5 Å². The summed E-state index contributed by atoms with van der Waals surface area (Å²) in [5.74, 6) is 0.612. The van der Waals surface area contributed by atoms with E-state index in [-0.39, 0.29) is 48.3 Å². The molecule has 1 aliphatic heterocycles. The summed E-state index contributed by atoms with van der Waals surface area (Å²) in [6.45, 7) is 4.35. The number of aliphatic hydroxyl groups excluding tert-OH is 1. The van der Waals surface area contributed by atoms with Gasteiger partial charge in [-0.2, -0.15) is 4.98 Å². The second kappa shape index (κ2) is 6.83. The Morgan fingerprint density at radius 3 is 2.63 bits per heavy atom. The van der Waals surface area contributed by atoms with Gasteiger partial charge >= 0.3 is 0 Å². The second-order valence-electron chi connectivity index (χ2n) is 4.54. The highest BCUT2D eigenvalue weighted by atomic mass is 35.5. The van der Waals surface area contributed by atoms with E-state index in [4.69, 9.17) is 5.73 Å². The minimum Gasteiger partial charge on any atom is -0.391 e. The number of nitrogen functional groups attached to an aromatic ring is 1. The summed E-state index contributed by atoms with van der Waals surface area (Å²) in [7, 11) is 0. The summed E-state index contributed by atoms with van der Waals surface area (Å²) in [4.78, 5) is 18.1. The first-order chi connectivity index (χ1) is 7.99. The fraction of sp³-hybridized carbons (Fsp3) is 0.600. The molecule has 0 radical (unpaired) electrons. The molecule has 6 N–H and O–H groups in total. The van der Waals surface area contributed by atoms with Gasteiger partial charge in [-0.15, -0.1) is 24.8 Å². The van der Waals surface area contributed by atoms with Crippen LogP contribution in [0.5, 0.6) is 0 Å². The Bertz CT molecular complexity index is 479. The van der Waals surface area contributed by atoms with Crippen LogP contribution in [0.15, 0.2) is 4.79 Å². The Morgan fingerprint density at radius 2 is 2.05 bits per heavy atom. The number of anilines is 3. The molecule has 1 aliphatic rings. The lowest BCUT2D eigenvalue weighted by Gasteiger charge is -2.32. The Balaban J connectivity index is 0.00000162. The first kappa shape index (κ1) is 17.8. The Labute approximate surface area is 123 Å². The summed E-state index contributed by atoms with van der Waals surface area (Å²) >= 11 is 0. The van der Waals surface area contributed by atoms with Crippen molar-refractivity contribution < 1.29 is 5.11 Å². The molecule has 19 heavy (non-hydrogen) atoms. The Hall–Kier alpha value is -1.18. The van der Waals surface area contributed by atoms with E-state index in [0.29, 0.717) is 18.1 Å². The lowest BCUT2D eigenvalue weighted by atomic mass is 9.98. The van der Waals surface area contributed by atoms with Crippen LogP contribution in [0.1, 0.15) is 13.8 Å². The number of nitrogens with zero attached hydrogens (tertiary/aromatic N) is 1. The predicted octanol–water partition coefficient (Wildman–Crippen LogP) is 0.419. The normalized spacial score (nSPS) is 18.2. The lowest BCUT2D eigenvalue weighted by Crippen LogP contribution is -2.46. The largest absolute Gasteiger partial charge is 0.391 e. The van der Waals surface area contributed by atoms with Crippen LogP contribution in [0.25, 0.3) is 0 Å². The van der Waals surface area contributed by atoms with E-state index >= 15 is 0 Å². The first-order valence-corrected chi connectivity index (χ1v) is 5.57. The van der Waals surface area contributed by atoms with Crippen molar-refractivity contribution in [3.05, 3.63) is 10.4 Å². The highest BCUT2D eigenvalue weighted by Crippen LogP contribution is 2.22. The minimum atomic E-state index is -0.535. The van der Waals surface area contributed by atoms with E-state index in [1.54, 1.807) is 0 Å². The molecule has 2 atom stereocenters. The smallest absolute Gasteiger partial charge is 0.277 e. The van der Waals surface area contributed by atoms with Gasteiger partial charge in [0.2, 0.25) is 5.95 Å². The predicted molar refractivity (Wildman–Crippen MR) is 80.5 cm³/mol. The summed E-state index contributed by atoms with van der Waals surface area (Å²) < 4.78 is 0. The third-order valence-corrected chi connectivity index (χ3v) is 2.85. The Morgan fingerprint density at radius 1 is 1.42 bits per heavy atom. The van der Waals surface area contributed by atoms with Crippen LogP contribution in [0.2, 0.25) is 0 Å². The topological polar surface area (TPSA) is 116 Å². The van der Waals surface area contributed by atoms with Crippen LogP contribution >= 0.6 is 24.8 Å². The van der Waals surface area contributed by atoms with Crippen molar-refractivity contribution in [3.8, 4) is 0 Å². The number of nitrogens with two attached hydrogens (primary N) is 1. The number of fused-ring (bicyclic) bond motifs is 1. The van der Waals surface area contributed by atoms with Gasteiger partial charge in [-0.3, -0.25) is 9.78 Å². The van der Waals surface area contributed by atoms with Crippen molar-refractivity contribution in [2.45, 2.75) is 26.0 Å². The van der Waals surface area contributed by atoms with Crippen LogP contribution in [0, 0.1) is 5.92 Å². The molecule has 0 bridgehead atoms. The molecule has 1 aromatic rings. The highest BCUT2D eigenvalue weighted by molar-refractivity contribution is 5.85. The molecule has 2 unspecified atom stereocenters. The Kier molecular flexibility index (Phi) is 6.41. The molecule has 0 amide bonds. The maximum absolute atomic E-state index is 11.7. The molecule has 1 aromatic heterocycles. The number of aromatic nitrogens is 2. The molecule has 7 nitrogen and oxygen atoms in total. The number of halogens is 2. The van der Waals surface area contributed by atoms with E-state index in [2.05, 4.69) is 20.6 Å². The van der Waals surface area contributed by atoms with E-state index in [1.807, 2.05) is 13.8 Å². The number of rotatable bonds is 2. The van der Waals surface area contributed by atoms with Gasteiger partial charge in [-0.25, -0.2) is 0 Å². The van der Waals surface area contributed by atoms with Crippen LogP contribution in [-0.4, -0.2) is 33.8 Å². The zero-order chi connectivity index (χ0) is 12.6. The fourth-order valence-electron chi connectivity index (χ4n) is 1.87. The summed E-state index contributed by atoms with van der Waals surface area (Å²) in [5.41, 5.74) is 5.44. The van der Waals surface area contributed by atoms with Crippen molar-refractivity contribution in [1.29, 1.82) is 0 Å². The number of aliphatic hydroxyl groups is 1. The van der Waals surface area contributed by atoms with E-state index in [9.17, 15) is 9.90 Å². The molecule has 0 aliphatic carbocycles. The van der Waals surface area contributed by atoms with Gasteiger partial charge in [0.1, 0.15) is 5.69 Å². The number of hydrogen-bond acceptors (Lipinski definition) is 6. The van der Waals surface area contributed by atoms with Crippen LogP contribution in [0.4, 0.5) is 17.5 Å². The third-order valence-electron chi connectivity index (χ3n) is 2.85. The summed E-state index contributed by atoms with van der Waals surface area (Å²) in [5, 5.41) is 16.0. The molecule has 0 spiro atoms. The van der Waals surface area contributed by atoms with Gasteiger partial charge in [-0.1, -0.05) is 13.8 Å². The lowest BCUT2D eigenvalue weighted by molar-refractivity contribution is 0.108. The number of nitrogens with one attached hydrogen (secondary N) is 3. The molecular formula is C10H19Cl2N5O2. The van der Waals surface area contributed by atoms with Crippen molar-refractivity contribution >= 4 is 42.3 Å². The molecule has 0 saturated heterocycles. The second-order valence-corrected chi connectivity index (χ2v) is 4.54. The monoisotopic (exact) mass is 311 g/mol. The van der Waals surface area contributed by atoms with Crippen molar-refractivity contribution in [2.75, 3.05) is 22.9 Å². The molecule has 2 rings (SSSR count). The third kappa shape index (κ3) is 3.65. The highest BCUT2D eigenvalue weighted by Gasteiger charge is 2.28. The summed E-state index contributed by atoms with van der Waals surface area (Å²) in [6, 6.07) is -0.214. The van der Waals surface area contributed by atoms with E-state index < -0.39 is 6.10 Å². The summed E-state index contributed by atoms with van der Waals surface area (Å²) in [6.07, 6.45) is -0.535. The van der Waals surface area contributed by atoms with Gasteiger partial charge in [-0.05, 0) is 5.92 Å². The maximum atomic E-state index is 11.7. The maximum Gasteiger partial charge on any atom is 0.277 e. The van der Waals surface area contributed by atoms with Crippen molar-refractivity contribution in [2.24, 2.45) is 5.92 Å². The average molecular weight is 312 g/mol. The molecule has 0 aromatic carbocycles.